The van der Waals surface area contributed by atoms with Gasteiger partial charge in [0.1, 0.15) is 10.2 Å². The molecule has 0 spiro atoms. The molecule has 1 N–H and O–H groups in total. The first-order chi connectivity index (χ1) is 10.3. The van der Waals surface area contributed by atoms with Crippen LogP contribution in [0.5, 0.6) is 0 Å². The van der Waals surface area contributed by atoms with E-state index in [2.05, 4.69) is 4.72 Å². The maximum atomic E-state index is 14.5. The Morgan fingerprint density at radius 3 is 2.26 bits per heavy atom. The van der Waals surface area contributed by atoms with E-state index in [0.29, 0.717) is 5.56 Å². The quantitative estimate of drug-likeness (QED) is 0.805. The molecule has 1 aromatic rings. The fraction of sp³-hybridized carbons (Fsp3) is 0.588. The predicted octanol–water partition coefficient (Wildman–Crippen LogP) is 4.44. The molecule has 0 aliphatic carbocycles. The highest BCUT2D eigenvalue weighted by molar-refractivity contribution is 7.90. The van der Waals surface area contributed by atoms with Gasteiger partial charge in [0, 0.05) is 16.9 Å². The van der Waals surface area contributed by atoms with Gasteiger partial charge in [0.25, 0.3) is 5.92 Å². The van der Waals surface area contributed by atoms with Crippen LogP contribution in [0.2, 0.25) is 0 Å². The topological polar surface area (TPSA) is 58.9 Å². The molecule has 0 heterocycles. The summed E-state index contributed by atoms with van der Waals surface area (Å²) in [5.74, 6) is -3.28. The Morgan fingerprint density at radius 2 is 1.78 bits per heavy atom. The molecule has 0 saturated heterocycles. The third-order valence-corrected chi connectivity index (χ3v) is 5.33. The van der Waals surface area contributed by atoms with Crippen LogP contribution >= 0.6 is 0 Å². The zero-order chi connectivity index (χ0) is 18.1. The van der Waals surface area contributed by atoms with Gasteiger partial charge in [0.05, 0.1) is 12.1 Å². The monoisotopic (exact) mass is 342 g/mol. The number of benzene rings is 1. The molecule has 2 atom stereocenters. The van der Waals surface area contributed by atoms with Gasteiger partial charge in [-0.15, -0.1) is 4.72 Å². The van der Waals surface area contributed by atoms with E-state index in [9.17, 15) is 13.3 Å². The van der Waals surface area contributed by atoms with Crippen molar-refractivity contribution >= 4 is 11.4 Å². The summed E-state index contributed by atoms with van der Waals surface area (Å²) in [5, 5.41) is 9.00. The predicted molar refractivity (Wildman–Crippen MR) is 89.2 cm³/mol. The Labute approximate surface area is 140 Å². The molecule has 1 aromatic carbocycles. The Morgan fingerprint density at radius 1 is 1.22 bits per heavy atom. The number of nitrogens with one attached hydrogen (secondary N) is 1. The van der Waals surface area contributed by atoms with E-state index in [1.807, 2.05) is 20.8 Å². The normalized spacial score (nSPS) is 15.8. The van der Waals surface area contributed by atoms with Crippen LogP contribution in [-0.4, -0.2) is 9.30 Å². The van der Waals surface area contributed by atoms with E-state index in [1.54, 1.807) is 19.1 Å². The summed E-state index contributed by atoms with van der Waals surface area (Å²) in [5.41, 5.74) is -1.42. The van der Waals surface area contributed by atoms with E-state index in [0.717, 1.165) is 0 Å². The lowest BCUT2D eigenvalue weighted by atomic mass is 9.82. The molecule has 1 unspecified atom stereocenters. The van der Waals surface area contributed by atoms with Crippen molar-refractivity contribution in [1.29, 1.82) is 5.26 Å². The highest BCUT2D eigenvalue weighted by Gasteiger charge is 2.48. The molecule has 128 valence electrons. The first-order valence-electron chi connectivity index (χ1n) is 7.40. The van der Waals surface area contributed by atoms with Crippen molar-refractivity contribution in [2.45, 2.75) is 58.3 Å². The van der Waals surface area contributed by atoms with Crippen molar-refractivity contribution in [2.75, 3.05) is 0 Å². The highest BCUT2D eigenvalue weighted by Crippen LogP contribution is 2.44. The van der Waals surface area contributed by atoms with Crippen molar-refractivity contribution in [3.63, 3.8) is 0 Å². The molecule has 0 fully saturated rings. The molecule has 0 aliphatic rings. The van der Waals surface area contributed by atoms with Crippen LogP contribution in [0.25, 0.3) is 0 Å². The Hall–Kier alpha value is -1.16. The average Bonchev–Trinajstić information content (AvgIpc) is 2.46. The molecule has 0 aromatic heterocycles. The Bertz CT molecular complexity index is 591. The maximum Gasteiger partial charge on any atom is 0.291 e. The second kappa shape index (κ2) is 6.76. The smallest absolute Gasteiger partial charge is 0.291 e. The first-order valence-corrected chi connectivity index (χ1v) is 8.55. The summed E-state index contributed by atoms with van der Waals surface area (Å²) in [7, 11) is 0. The van der Waals surface area contributed by atoms with Crippen molar-refractivity contribution in [3.8, 4) is 6.07 Å². The van der Waals surface area contributed by atoms with Gasteiger partial charge < -0.3 is 4.55 Å². The molecule has 0 radical (unpaired) electrons. The number of halogens is 2. The molecular weight excluding hydrogens is 318 g/mol. The number of nitriles is 1. The van der Waals surface area contributed by atoms with Gasteiger partial charge in [0.2, 0.25) is 0 Å². The minimum absolute atomic E-state index is 0.211. The van der Waals surface area contributed by atoms with Crippen LogP contribution in [0, 0.1) is 16.7 Å². The summed E-state index contributed by atoms with van der Waals surface area (Å²) in [6.07, 6.45) is 0. The lowest BCUT2D eigenvalue weighted by Crippen LogP contribution is -2.40. The number of nitrogens with zero attached hydrogens (tertiary/aromatic N) is 1. The fourth-order valence-electron chi connectivity index (χ4n) is 1.84. The second-order valence-corrected chi connectivity index (χ2v) is 9.16. The van der Waals surface area contributed by atoms with Gasteiger partial charge >= 0.3 is 0 Å². The van der Waals surface area contributed by atoms with Crippen molar-refractivity contribution in [2.24, 2.45) is 5.41 Å². The lowest BCUT2D eigenvalue weighted by Gasteiger charge is -2.29. The van der Waals surface area contributed by atoms with Crippen LogP contribution in [0.1, 0.15) is 58.7 Å². The third kappa shape index (κ3) is 4.43. The molecule has 0 saturated carbocycles. The summed E-state index contributed by atoms with van der Waals surface area (Å²) >= 11 is -1.30. The molecular formula is C17H24F2N2OS. The van der Waals surface area contributed by atoms with Gasteiger partial charge in [-0.3, -0.25) is 0 Å². The maximum absolute atomic E-state index is 14.5. The molecule has 0 aliphatic heterocycles. The van der Waals surface area contributed by atoms with Gasteiger partial charge in [-0.05, 0) is 53.2 Å². The molecule has 3 nitrogen and oxygen atoms in total. The Balaban J connectivity index is 3.09. The summed E-state index contributed by atoms with van der Waals surface area (Å²) in [4.78, 5) is 0. The lowest BCUT2D eigenvalue weighted by molar-refractivity contribution is -0.0854. The first kappa shape index (κ1) is 19.9. The van der Waals surface area contributed by atoms with Crippen LogP contribution in [0.3, 0.4) is 0 Å². The Kier molecular flexibility index (Phi) is 5.84. The SMILES string of the molecule is CC(N[S@+]([O-])C(C)(C)C)c1cccc(C(F)(F)C(C)(C)C#N)c1. The second-order valence-electron chi connectivity index (χ2n) is 7.16. The molecule has 1 rings (SSSR count). The van der Waals surface area contributed by atoms with Gasteiger partial charge in [-0.25, -0.2) is 0 Å². The fourth-order valence-corrected chi connectivity index (χ4v) is 2.65. The molecule has 23 heavy (non-hydrogen) atoms. The number of hydrogen-bond acceptors (Lipinski definition) is 3. The van der Waals surface area contributed by atoms with Crippen LogP contribution in [0.4, 0.5) is 8.78 Å². The van der Waals surface area contributed by atoms with Gasteiger partial charge in [0.15, 0.2) is 0 Å². The van der Waals surface area contributed by atoms with E-state index in [1.165, 1.54) is 32.0 Å². The van der Waals surface area contributed by atoms with Crippen LogP contribution < -0.4 is 4.72 Å². The largest absolute Gasteiger partial charge is 0.598 e. The van der Waals surface area contributed by atoms with E-state index >= 15 is 0 Å². The molecule has 6 heteroatoms. The van der Waals surface area contributed by atoms with E-state index < -0.39 is 27.4 Å². The minimum atomic E-state index is -3.28. The summed E-state index contributed by atoms with van der Waals surface area (Å²) < 4.78 is 43.7. The zero-order valence-electron chi connectivity index (χ0n) is 14.4. The highest BCUT2D eigenvalue weighted by atomic mass is 32.2. The van der Waals surface area contributed by atoms with E-state index in [-0.39, 0.29) is 11.6 Å². The average molecular weight is 342 g/mol. The van der Waals surface area contributed by atoms with Crippen LogP contribution in [-0.2, 0) is 17.3 Å². The van der Waals surface area contributed by atoms with Crippen molar-refractivity contribution < 1.29 is 13.3 Å². The summed E-state index contributed by atoms with van der Waals surface area (Å²) in [6, 6.07) is 7.24. The molecule has 0 bridgehead atoms. The zero-order valence-corrected chi connectivity index (χ0v) is 15.2. The van der Waals surface area contributed by atoms with Crippen molar-refractivity contribution in [1.82, 2.24) is 4.72 Å². The standard InChI is InChI=1S/C17H24F2N2OS/c1-12(21-23(22)15(2,3)4)13-8-7-9-14(10-13)17(18,19)16(5,6)11-20/h7-10,12,21H,1-6H3/t12?,23-/m1/s1. The minimum Gasteiger partial charge on any atom is -0.598 e. The number of rotatable bonds is 5. The third-order valence-electron chi connectivity index (χ3n) is 3.65. The number of hydrogen-bond donors (Lipinski definition) is 1. The number of alkyl halides is 2. The van der Waals surface area contributed by atoms with Crippen LogP contribution in [0.15, 0.2) is 24.3 Å². The van der Waals surface area contributed by atoms with Crippen molar-refractivity contribution in [3.05, 3.63) is 35.4 Å². The molecule has 0 amide bonds. The van der Waals surface area contributed by atoms with Gasteiger partial charge in [-0.2, -0.15) is 14.0 Å². The summed E-state index contributed by atoms with van der Waals surface area (Å²) in [6.45, 7) is 9.72. The van der Waals surface area contributed by atoms with E-state index in [4.69, 9.17) is 5.26 Å². The van der Waals surface area contributed by atoms with Gasteiger partial charge in [-0.1, -0.05) is 18.2 Å².